The van der Waals surface area contributed by atoms with Gasteiger partial charge >= 0.3 is 5.97 Å². The lowest BCUT2D eigenvalue weighted by Crippen LogP contribution is -2.35. The smallest absolute Gasteiger partial charge is 0.339 e. The first-order valence-corrected chi connectivity index (χ1v) is 4.73. The van der Waals surface area contributed by atoms with Gasteiger partial charge in [0.15, 0.2) is 11.4 Å². The highest BCUT2D eigenvalue weighted by atomic mass is 16.6. The van der Waals surface area contributed by atoms with Crippen LogP contribution in [0.1, 0.15) is 31.1 Å². The SMILES string of the molecule is CC(=O)C(C)(C)OC(=O)c1ccccc1. The molecule has 1 aromatic carbocycles. The van der Waals surface area contributed by atoms with Crippen LogP contribution in [0.4, 0.5) is 0 Å². The highest BCUT2D eigenvalue weighted by Crippen LogP contribution is 2.13. The summed E-state index contributed by atoms with van der Waals surface area (Å²) in [6, 6.07) is 8.61. The van der Waals surface area contributed by atoms with Crippen LogP contribution in [0.2, 0.25) is 0 Å². The van der Waals surface area contributed by atoms with E-state index in [4.69, 9.17) is 4.74 Å². The summed E-state index contributed by atoms with van der Waals surface area (Å²) in [5, 5.41) is 0. The van der Waals surface area contributed by atoms with Gasteiger partial charge in [0.25, 0.3) is 0 Å². The first kappa shape index (κ1) is 11.4. The van der Waals surface area contributed by atoms with E-state index in [0.717, 1.165) is 0 Å². The number of ketones is 1. The summed E-state index contributed by atoms with van der Waals surface area (Å²) >= 11 is 0. The molecule has 0 bridgehead atoms. The van der Waals surface area contributed by atoms with E-state index < -0.39 is 11.6 Å². The van der Waals surface area contributed by atoms with Gasteiger partial charge in [0.05, 0.1) is 5.56 Å². The number of rotatable bonds is 3. The highest BCUT2D eigenvalue weighted by Gasteiger charge is 2.28. The molecule has 0 saturated heterocycles. The Morgan fingerprint density at radius 2 is 1.67 bits per heavy atom. The summed E-state index contributed by atoms with van der Waals surface area (Å²) in [7, 11) is 0. The molecule has 0 spiro atoms. The average molecular weight is 206 g/mol. The number of benzene rings is 1. The maximum atomic E-state index is 11.6. The van der Waals surface area contributed by atoms with Gasteiger partial charge in [0.2, 0.25) is 0 Å². The van der Waals surface area contributed by atoms with Crippen molar-refractivity contribution in [2.45, 2.75) is 26.4 Å². The lowest BCUT2D eigenvalue weighted by Gasteiger charge is -2.21. The molecule has 0 heterocycles. The molecule has 0 aliphatic heterocycles. The third-order valence-corrected chi connectivity index (χ3v) is 2.21. The third kappa shape index (κ3) is 2.91. The minimum Gasteiger partial charge on any atom is -0.448 e. The number of hydrogen-bond donors (Lipinski definition) is 0. The van der Waals surface area contributed by atoms with Crippen molar-refractivity contribution < 1.29 is 14.3 Å². The van der Waals surface area contributed by atoms with Crippen molar-refractivity contribution in [3.8, 4) is 0 Å². The van der Waals surface area contributed by atoms with Crippen molar-refractivity contribution in [2.75, 3.05) is 0 Å². The Balaban J connectivity index is 2.77. The minimum absolute atomic E-state index is 0.174. The molecule has 1 aromatic rings. The molecule has 0 amide bonds. The van der Waals surface area contributed by atoms with Crippen LogP contribution in [0.25, 0.3) is 0 Å². The van der Waals surface area contributed by atoms with Gasteiger partial charge < -0.3 is 4.74 Å². The fourth-order valence-electron chi connectivity index (χ4n) is 0.937. The van der Waals surface area contributed by atoms with Crippen LogP contribution >= 0.6 is 0 Å². The van der Waals surface area contributed by atoms with Gasteiger partial charge in [-0.05, 0) is 32.9 Å². The summed E-state index contributed by atoms with van der Waals surface area (Å²) in [5.41, 5.74) is -0.612. The Bertz CT molecular complexity index is 366. The van der Waals surface area contributed by atoms with E-state index in [1.54, 1.807) is 38.1 Å². The minimum atomic E-state index is -1.06. The van der Waals surface area contributed by atoms with Gasteiger partial charge in [0, 0.05) is 0 Å². The standard InChI is InChI=1S/C12H14O3/c1-9(13)12(2,3)15-11(14)10-7-5-4-6-8-10/h4-8H,1-3H3. The van der Waals surface area contributed by atoms with E-state index in [-0.39, 0.29) is 5.78 Å². The monoisotopic (exact) mass is 206 g/mol. The van der Waals surface area contributed by atoms with Gasteiger partial charge in [-0.2, -0.15) is 0 Å². The molecule has 0 atom stereocenters. The van der Waals surface area contributed by atoms with Gasteiger partial charge in [-0.3, -0.25) is 4.79 Å². The molecule has 0 N–H and O–H groups in total. The number of carbonyl (C=O) groups excluding carboxylic acids is 2. The molecule has 0 fully saturated rings. The maximum absolute atomic E-state index is 11.6. The molecule has 3 nitrogen and oxygen atoms in total. The normalized spacial score (nSPS) is 10.9. The third-order valence-electron chi connectivity index (χ3n) is 2.21. The number of hydrogen-bond acceptors (Lipinski definition) is 3. The second-order valence-electron chi connectivity index (χ2n) is 3.82. The molecular formula is C12H14O3. The lowest BCUT2D eigenvalue weighted by molar-refractivity contribution is -0.132. The molecule has 3 heteroatoms. The molecule has 0 unspecified atom stereocenters. The van der Waals surface area contributed by atoms with Crippen LogP contribution in [-0.2, 0) is 9.53 Å². The molecule has 0 radical (unpaired) electrons. The average Bonchev–Trinajstić information content (AvgIpc) is 2.18. The van der Waals surface area contributed by atoms with E-state index in [1.807, 2.05) is 6.07 Å². The zero-order valence-corrected chi connectivity index (χ0v) is 9.11. The zero-order valence-electron chi connectivity index (χ0n) is 9.11. The van der Waals surface area contributed by atoms with Gasteiger partial charge in [-0.1, -0.05) is 18.2 Å². The maximum Gasteiger partial charge on any atom is 0.339 e. The molecule has 15 heavy (non-hydrogen) atoms. The zero-order chi connectivity index (χ0) is 11.5. The summed E-state index contributed by atoms with van der Waals surface area (Å²) in [6.07, 6.45) is 0. The Morgan fingerprint density at radius 1 is 1.13 bits per heavy atom. The van der Waals surface area contributed by atoms with Gasteiger partial charge in [0.1, 0.15) is 0 Å². The first-order chi connectivity index (χ1) is 6.93. The van der Waals surface area contributed by atoms with Gasteiger partial charge in [-0.25, -0.2) is 4.79 Å². The Labute approximate surface area is 89.1 Å². The second kappa shape index (κ2) is 4.26. The van der Waals surface area contributed by atoms with E-state index in [2.05, 4.69) is 0 Å². The molecular weight excluding hydrogens is 192 g/mol. The van der Waals surface area contributed by atoms with Crippen LogP contribution in [0.15, 0.2) is 30.3 Å². The Kier molecular flexibility index (Phi) is 3.24. The van der Waals surface area contributed by atoms with Crippen molar-refractivity contribution in [1.29, 1.82) is 0 Å². The summed E-state index contributed by atoms with van der Waals surface area (Å²) in [6.45, 7) is 4.56. The Hall–Kier alpha value is -1.64. The summed E-state index contributed by atoms with van der Waals surface area (Å²) < 4.78 is 5.10. The first-order valence-electron chi connectivity index (χ1n) is 4.73. The number of Topliss-reactive ketones (excluding diaryl/α,β-unsaturated/α-hetero) is 1. The van der Waals surface area contributed by atoms with Crippen molar-refractivity contribution in [3.05, 3.63) is 35.9 Å². The predicted molar refractivity (Wildman–Crippen MR) is 56.6 cm³/mol. The summed E-state index contributed by atoms with van der Waals surface area (Å²) in [4.78, 5) is 22.7. The van der Waals surface area contributed by atoms with E-state index in [0.29, 0.717) is 5.56 Å². The van der Waals surface area contributed by atoms with Crippen molar-refractivity contribution >= 4 is 11.8 Å². The highest BCUT2D eigenvalue weighted by molar-refractivity contribution is 5.93. The largest absolute Gasteiger partial charge is 0.448 e. The molecule has 0 aromatic heterocycles. The van der Waals surface area contributed by atoms with Crippen molar-refractivity contribution in [1.82, 2.24) is 0 Å². The van der Waals surface area contributed by atoms with Crippen molar-refractivity contribution in [2.24, 2.45) is 0 Å². The molecule has 1 rings (SSSR count). The van der Waals surface area contributed by atoms with Crippen LogP contribution in [0.3, 0.4) is 0 Å². The van der Waals surface area contributed by atoms with Crippen LogP contribution in [0.5, 0.6) is 0 Å². The Morgan fingerprint density at radius 3 is 2.13 bits per heavy atom. The van der Waals surface area contributed by atoms with Crippen LogP contribution in [0, 0.1) is 0 Å². The van der Waals surface area contributed by atoms with E-state index in [9.17, 15) is 9.59 Å². The second-order valence-corrected chi connectivity index (χ2v) is 3.82. The quantitative estimate of drug-likeness (QED) is 0.712. The molecule has 0 aliphatic carbocycles. The molecule has 0 aliphatic rings. The fraction of sp³-hybridized carbons (Fsp3) is 0.333. The number of carbonyl (C=O) groups is 2. The number of ether oxygens (including phenoxy) is 1. The molecule has 0 saturated carbocycles. The predicted octanol–water partition coefficient (Wildman–Crippen LogP) is 2.21. The van der Waals surface area contributed by atoms with Crippen molar-refractivity contribution in [3.63, 3.8) is 0 Å². The lowest BCUT2D eigenvalue weighted by atomic mass is 10.1. The van der Waals surface area contributed by atoms with E-state index >= 15 is 0 Å². The fourth-order valence-corrected chi connectivity index (χ4v) is 0.937. The van der Waals surface area contributed by atoms with E-state index in [1.165, 1.54) is 6.92 Å². The van der Waals surface area contributed by atoms with Crippen LogP contribution < -0.4 is 0 Å². The van der Waals surface area contributed by atoms with Gasteiger partial charge in [-0.15, -0.1) is 0 Å². The topological polar surface area (TPSA) is 43.4 Å². The number of esters is 1. The molecule has 80 valence electrons. The summed E-state index contributed by atoms with van der Waals surface area (Å²) in [5.74, 6) is -0.650. The van der Waals surface area contributed by atoms with Crippen LogP contribution in [-0.4, -0.2) is 17.4 Å².